The minimum atomic E-state index is -0.478. The van der Waals surface area contributed by atoms with E-state index in [2.05, 4.69) is 19.2 Å². The van der Waals surface area contributed by atoms with Crippen LogP contribution >= 0.6 is 0 Å². The van der Waals surface area contributed by atoms with Crippen LogP contribution in [0.5, 0.6) is 0 Å². The zero-order valence-electron chi connectivity index (χ0n) is 11.9. The summed E-state index contributed by atoms with van der Waals surface area (Å²) in [6, 6.07) is 9.07. The summed E-state index contributed by atoms with van der Waals surface area (Å²) >= 11 is 0. The third kappa shape index (κ3) is 2.30. The minimum Gasteiger partial charge on any atom is -0.345 e. The third-order valence-electron chi connectivity index (χ3n) is 4.54. The fourth-order valence-electron chi connectivity index (χ4n) is 2.95. The van der Waals surface area contributed by atoms with Crippen LogP contribution in [-0.4, -0.2) is 29.8 Å². The van der Waals surface area contributed by atoms with Gasteiger partial charge in [0, 0.05) is 6.54 Å². The van der Waals surface area contributed by atoms with Crippen LogP contribution in [0.3, 0.4) is 0 Å². The number of carbonyl (C=O) groups excluding carboxylic acids is 2. The van der Waals surface area contributed by atoms with E-state index >= 15 is 0 Å². The Morgan fingerprint density at radius 3 is 2.50 bits per heavy atom. The standard InChI is InChI=1S/C16H20N2O2/c1-16(2)8-12(16)10-18-13(19)9-17-15(20)14(18)11-6-4-3-5-7-11/h3-7,12,14H,8-10H2,1-2H3,(H,17,20). The number of nitrogens with one attached hydrogen (secondary N) is 1. The highest BCUT2D eigenvalue weighted by molar-refractivity contribution is 5.95. The lowest BCUT2D eigenvalue weighted by molar-refractivity contribution is -0.146. The van der Waals surface area contributed by atoms with Gasteiger partial charge in [-0.15, -0.1) is 0 Å². The highest BCUT2D eigenvalue weighted by atomic mass is 16.2. The van der Waals surface area contributed by atoms with Gasteiger partial charge in [-0.05, 0) is 23.3 Å². The molecule has 4 heteroatoms. The predicted molar refractivity (Wildman–Crippen MR) is 75.8 cm³/mol. The van der Waals surface area contributed by atoms with Crippen LogP contribution in [0.2, 0.25) is 0 Å². The zero-order chi connectivity index (χ0) is 14.3. The molecule has 1 aliphatic heterocycles. The van der Waals surface area contributed by atoms with E-state index in [0.29, 0.717) is 17.9 Å². The number of nitrogens with zero attached hydrogens (tertiary/aromatic N) is 1. The molecule has 1 heterocycles. The van der Waals surface area contributed by atoms with E-state index in [-0.39, 0.29) is 18.4 Å². The van der Waals surface area contributed by atoms with Crippen LogP contribution in [0, 0.1) is 11.3 Å². The predicted octanol–water partition coefficient (Wildman–Crippen LogP) is 1.73. The molecule has 3 rings (SSSR count). The summed E-state index contributed by atoms with van der Waals surface area (Å²) in [7, 11) is 0. The van der Waals surface area contributed by atoms with Crippen molar-refractivity contribution in [2.45, 2.75) is 26.3 Å². The zero-order valence-corrected chi connectivity index (χ0v) is 11.9. The summed E-state index contributed by atoms with van der Waals surface area (Å²) in [5.74, 6) is 0.443. The van der Waals surface area contributed by atoms with Crippen molar-refractivity contribution in [2.24, 2.45) is 11.3 Å². The Morgan fingerprint density at radius 2 is 1.90 bits per heavy atom. The van der Waals surface area contributed by atoms with Crippen molar-refractivity contribution in [3.05, 3.63) is 35.9 Å². The van der Waals surface area contributed by atoms with Gasteiger partial charge >= 0.3 is 0 Å². The van der Waals surface area contributed by atoms with Gasteiger partial charge in [-0.3, -0.25) is 9.59 Å². The SMILES string of the molecule is CC1(C)CC1CN1C(=O)CNC(=O)C1c1ccccc1. The second kappa shape index (κ2) is 4.62. The largest absolute Gasteiger partial charge is 0.345 e. The maximum atomic E-state index is 12.2. The van der Waals surface area contributed by atoms with Crippen molar-refractivity contribution in [3.63, 3.8) is 0 Å². The van der Waals surface area contributed by atoms with Crippen molar-refractivity contribution in [1.29, 1.82) is 0 Å². The first-order valence-corrected chi connectivity index (χ1v) is 7.11. The molecule has 1 aromatic carbocycles. The number of amides is 2. The Balaban J connectivity index is 1.86. The van der Waals surface area contributed by atoms with E-state index < -0.39 is 6.04 Å². The van der Waals surface area contributed by atoms with Crippen molar-refractivity contribution in [3.8, 4) is 0 Å². The molecular formula is C16H20N2O2. The maximum Gasteiger partial charge on any atom is 0.247 e. The fourth-order valence-corrected chi connectivity index (χ4v) is 2.95. The van der Waals surface area contributed by atoms with Gasteiger partial charge in [0.1, 0.15) is 6.04 Å². The fraction of sp³-hybridized carbons (Fsp3) is 0.500. The molecule has 106 valence electrons. The summed E-state index contributed by atoms with van der Waals surface area (Å²) in [6.07, 6.45) is 1.12. The van der Waals surface area contributed by atoms with Crippen molar-refractivity contribution in [2.75, 3.05) is 13.1 Å². The van der Waals surface area contributed by atoms with Crippen LogP contribution in [0.1, 0.15) is 31.9 Å². The quantitative estimate of drug-likeness (QED) is 0.911. The molecule has 0 radical (unpaired) electrons. The summed E-state index contributed by atoms with van der Waals surface area (Å²) in [4.78, 5) is 26.2. The molecule has 2 fully saturated rings. The molecule has 0 bridgehead atoms. The average molecular weight is 272 g/mol. The van der Waals surface area contributed by atoms with Crippen LogP contribution < -0.4 is 5.32 Å². The monoisotopic (exact) mass is 272 g/mol. The molecule has 2 amide bonds. The normalized spacial score (nSPS) is 28.2. The van der Waals surface area contributed by atoms with E-state index in [1.165, 1.54) is 0 Å². The highest BCUT2D eigenvalue weighted by Gasteiger charge is 2.48. The molecular weight excluding hydrogens is 252 g/mol. The number of piperazine rings is 1. The molecule has 1 saturated carbocycles. The Morgan fingerprint density at radius 1 is 1.25 bits per heavy atom. The number of hydrogen-bond donors (Lipinski definition) is 1. The molecule has 0 spiro atoms. The molecule has 4 nitrogen and oxygen atoms in total. The van der Waals surface area contributed by atoms with Crippen LogP contribution in [0.4, 0.5) is 0 Å². The number of hydrogen-bond acceptors (Lipinski definition) is 2. The van der Waals surface area contributed by atoms with Gasteiger partial charge in [0.2, 0.25) is 11.8 Å². The molecule has 1 N–H and O–H groups in total. The van der Waals surface area contributed by atoms with E-state index in [1.807, 2.05) is 30.3 Å². The Kier molecular flexibility index (Phi) is 3.04. The second-order valence-corrected chi connectivity index (χ2v) is 6.47. The Bertz CT molecular complexity index is 539. The Hall–Kier alpha value is -1.84. The van der Waals surface area contributed by atoms with E-state index in [1.54, 1.807) is 4.90 Å². The lowest BCUT2D eigenvalue weighted by Gasteiger charge is -2.35. The molecule has 1 aromatic rings. The third-order valence-corrected chi connectivity index (χ3v) is 4.54. The summed E-state index contributed by atoms with van der Waals surface area (Å²) in [5.41, 5.74) is 1.19. The van der Waals surface area contributed by atoms with Gasteiger partial charge in [-0.25, -0.2) is 0 Å². The van der Waals surface area contributed by atoms with Crippen LogP contribution in [0.25, 0.3) is 0 Å². The smallest absolute Gasteiger partial charge is 0.247 e. The van der Waals surface area contributed by atoms with Gasteiger partial charge in [0.15, 0.2) is 0 Å². The van der Waals surface area contributed by atoms with Gasteiger partial charge in [0.05, 0.1) is 6.54 Å². The molecule has 2 unspecified atom stereocenters. The molecule has 1 aliphatic carbocycles. The lowest BCUT2D eigenvalue weighted by Crippen LogP contribution is -2.54. The van der Waals surface area contributed by atoms with Crippen molar-refractivity contribution >= 4 is 11.8 Å². The second-order valence-electron chi connectivity index (χ2n) is 6.47. The number of carbonyl (C=O) groups is 2. The van der Waals surface area contributed by atoms with E-state index in [4.69, 9.17) is 0 Å². The topological polar surface area (TPSA) is 49.4 Å². The molecule has 0 aromatic heterocycles. The first-order valence-electron chi connectivity index (χ1n) is 7.11. The summed E-state index contributed by atoms with van der Waals surface area (Å²) in [5, 5.41) is 2.69. The minimum absolute atomic E-state index is 0.0150. The van der Waals surface area contributed by atoms with Gasteiger partial charge in [0.25, 0.3) is 0 Å². The first kappa shape index (κ1) is 13.2. The molecule has 20 heavy (non-hydrogen) atoms. The van der Waals surface area contributed by atoms with Crippen LogP contribution in [0.15, 0.2) is 30.3 Å². The number of rotatable bonds is 3. The van der Waals surface area contributed by atoms with Gasteiger partial charge < -0.3 is 10.2 Å². The van der Waals surface area contributed by atoms with Crippen molar-refractivity contribution in [1.82, 2.24) is 10.2 Å². The average Bonchev–Trinajstić information content (AvgIpc) is 3.02. The highest BCUT2D eigenvalue weighted by Crippen LogP contribution is 2.52. The molecule has 2 atom stereocenters. The van der Waals surface area contributed by atoms with Crippen molar-refractivity contribution < 1.29 is 9.59 Å². The maximum absolute atomic E-state index is 12.2. The van der Waals surface area contributed by atoms with Crippen LogP contribution in [-0.2, 0) is 9.59 Å². The summed E-state index contributed by atoms with van der Waals surface area (Å²) in [6.45, 7) is 5.22. The lowest BCUT2D eigenvalue weighted by atomic mass is 10.0. The van der Waals surface area contributed by atoms with E-state index in [9.17, 15) is 9.59 Å². The number of benzene rings is 1. The summed E-state index contributed by atoms with van der Waals surface area (Å²) < 4.78 is 0. The molecule has 1 saturated heterocycles. The van der Waals surface area contributed by atoms with Gasteiger partial charge in [-0.1, -0.05) is 44.2 Å². The first-order chi connectivity index (χ1) is 9.49. The van der Waals surface area contributed by atoms with E-state index in [0.717, 1.165) is 12.0 Å². The Labute approximate surface area is 119 Å². The molecule has 2 aliphatic rings. The van der Waals surface area contributed by atoms with Gasteiger partial charge in [-0.2, -0.15) is 0 Å².